The lowest BCUT2D eigenvalue weighted by atomic mass is 10.1. The zero-order valence-electron chi connectivity index (χ0n) is 18.1. The predicted octanol–water partition coefficient (Wildman–Crippen LogP) is 6.12. The van der Waals surface area contributed by atoms with Gasteiger partial charge in [-0.3, -0.25) is 4.79 Å². The molecule has 0 radical (unpaired) electrons. The number of halogens is 6. The highest BCUT2D eigenvalue weighted by Crippen LogP contribution is 2.44. The number of rotatable bonds is 8. The summed E-state index contributed by atoms with van der Waals surface area (Å²) in [6.45, 7) is -2.51. The summed E-state index contributed by atoms with van der Waals surface area (Å²) < 4.78 is 92.1. The van der Waals surface area contributed by atoms with Gasteiger partial charge in [0, 0.05) is 23.3 Å². The third-order valence-electron chi connectivity index (χ3n) is 5.14. The monoisotopic (exact) mass is 510 g/mol. The maximum absolute atomic E-state index is 13.8. The van der Waals surface area contributed by atoms with E-state index in [0.29, 0.717) is 23.3 Å². The highest BCUT2D eigenvalue weighted by Gasteiger charge is 2.60. The van der Waals surface area contributed by atoms with E-state index in [-0.39, 0.29) is 11.4 Å². The Morgan fingerprint density at radius 3 is 1.36 bits per heavy atom. The maximum atomic E-state index is 13.8. The number of hydrogen-bond acceptors (Lipinski definition) is 7. The van der Waals surface area contributed by atoms with Gasteiger partial charge in [-0.1, -0.05) is 60.7 Å². The fourth-order valence-electron chi connectivity index (χ4n) is 3.25. The van der Waals surface area contributed by atoms with Gasteiger partial charge in [0.1, 0.15) is 13.2 Å². The second-order valence-electron chi connectivity index (χ2n) is 7.70. The first-order chi connectivity index (χ1) is 16.9. The lowest BCUT2D eigenvalue weighted by molar-refractivity contribution is -0.259. The smallest absolute Gasteiger partial charge is 0.334 e. The first-order valence-electron chi connectivity index (χ1n) is 10.3. The number of hydrogen-bond donors (Lipinski definition) is 0. The Bertz CT molecular complexity index is 1150. The number of azo groups is 2. The average Bonchev–Trinajstić information content (AvgIpc) is 3.49. The Kier molecular flexibility index (Phi) is 6.62. The second-order valence-corrected chi connectivity index (χ2v) is 7.70. The van der Waals surface area contributed by atoms with Crippen molar-refractivity contribution in [1.29, 1.82) is 0 Å². The van der Waals surface area contributed by atoms with E-state index in [1.165, 1.54) is 24.3 Å². The van der Waals surface area contributed by atoms with E-state index in [0.717, 1.165) is 0 Å². The van der Waals surface area contributed by atoms with E-state index >= 15 is 0 Å². The Hall–Kier alpha value is -3.71. The number of ketones is 1. The summed E-state index contributed by atoms with van der Waals surface area (Å²) in [5, 5.41) is 13.4. The zero-order valence-corrected chi connectivity index (χ0v) is 18.1. The third-order valence-corrected chi connectivity index (χ3v) is 5.14. The maximum Gasteiger partial charge on any atom is 0.444 e. The number of ether oxygens (including phenoxy) is 2. The molecule has 2 aromatic rings. The van der Waals surface area contributed by atoms with Crippen LogP contribution in [0, 0.1) is 0 Å². The second kappa shape index (κ2) is 9.39. The molecule has 0 spiro atoms. The summed E-state index contributed by atoms with van der Waals surface area (Å²) in [5.41, 5.74) is -6.18. The molecule has 7 nitrogen and oxygen atoms in total. The van der Waals surface area contributed by atoms with Gasteiger partial charge in [0.25, 0.3) is 11.4 Å². The molecule has 2 aliphatic rings. The van der Waals surface area contributed by atoms with Gasteiger partial charge in [-0.25, -0.2) is 0 Å². The van der Waals surface area contributed by atoms with E-state index in [9.17, 15) is 31.1 Å². The molecule has 36 heavy (non-hydrogen) atoms. The number of carbonyl (C=O) groups excluding carboxylic acids is 1. The molecule has 4 rings (SSSR count). The van der Waals surface area contributed by atoms with Gasteiger partial charge in [0.05, 0.1) is 11.4 Å². The molecule has 2 atom stereocenters. The molecule has 0 amide bonds. The molecule has 0 N–H and O–H groups in total. The molecule has 2 heterocycles. The minimum Gasteiger partial charge on any atom is -0.334 e. The lowest BCUT2D eigenvalue weighted by Crippen LogP contribution is -2.46. The molecular weight excluding hydrogens is 494 g/mol. The molecule has 188 valence electrons. The van der Waals surface area contributed by atoms with Gasteiger partial charge in [-0.2, -0.15) is 36.6 Å². The Balaban J connectivity index is 1.46. The van der Waals surface area contributed by atoms with E-state index in [1.54, 1.807) is 36.4 Å². The normalized spacial score (nSPS) is 23.6. The molecule has 2 aliphatic heterocycles. The molecule has 0 saturated carbocycles. The molecule has 13 heteroatoms. The molecule has 2 unspecified atom stereocenters. The van der Waals surface area contributed by atoms with Gasteiger partial charge in [-0.15, -0.1) is 10.2 Å². The van der Waals surface area contributed by atoms with E-state index in [4.69, 9.17) is 9.47 Å². The first-order valence-corrected chi connectivity index (χ1v) is 10.3. The van der Waals surface area contributed by atoms with E-state index < -0.39 is 42.8 Å². The summed E-state index contributed by atoms with van der Waals surface area (Å²) >= 11 is 0. The topological polar surface area (TPSA) is 85.0 Å². The number of benzene rings is 2. The fraction of sp³-hybridized carbons (Fsp3) is 0.261. The van der Waals surface area contributed by atoms with Gasteiger partial charge < -0.3 is 9.47 Å². The van der Waals surface area contributed by atoms with Crippen molar-refractivity contribution in [2.24, 2.45) is 20.5 Å². The van der Waals surface area contributed by atoms with Gasteiger partial charge in [0.2, 0.25) is 0 Å². The van der Waals surface area contributed by atoms with Crippen LogP contribution >= 0.6 is 0 Å². The highest BCUT2D eigenvalue weighted by atomic mass is 19.4. The van der Waals surface area contributed by atoms with Crippen molar-refractivity contribution < 1.29 is 40.6 Å². The van der Waals surface area contributed by atoms with Crippen LogP contribution in [0.2, 0.25) is 0 Å². The SMILES string of the molecule is O=C(COC1(C(F)(F)F)C=C(c2ccccc2)N=N1)COC1(C(F)(F)F)C=C(c2ccccc2)N=N1. The number of carbonyl (C=O) groups is 1. The van der Waals surface area contributed by atoms with Crippen molar-refractivity contribution in [1.82, 2.24) is 0 Å². The van der Waals surface area contributed by atoms with E-state index in [1.807, 2.05) is 0 Å². The van der Waals surface area contributed by atoms with Crippen molar-refractivity contribution in [2.45, 2.75) is 23.8 Å². The van der Waals surface area contributed by atoms with Gasteiger partial charge in [-0.05, 0) is 0 Å². The van der Waals surface area contributed by atoms with Crippen LogP contribution in [0.4, 0.5) is 26.3 Å². The summed E-state index contributed by atoms with van der Waals surface area (Å²) in [5.74, 6) is -1.21. The number of nitrogens with zero attached hydrogens (tertiary/aromatic N) is 4. The minimum absolute atomic E-state index is 0.141. The molecule has 2 aromatic carbocycles. The van der Waals surface area contributed by atoms with Crippen LogP contribution < -0.4 is 0 Å². The standard InChI is InChI=1S/C23H16F6N4O3/c24-22(25,26)20(11-18(30-32-20)15-7-3-1-4-8-15)35-13-17(34)14-36-21(23(27,28)29)12-19(31-33-21)16-9-5-2-6-10-16/h1-12H,13-14H2. The number of alkyl halides is 6. The van der Waals surface area contributed by atoms with Crippen molar-refractivity contribution in [2.75, 3.05) is 13.2 Å². The minimum atomic E-state index is -5.10. The lowest BCUT2D eigenvalue weighted by Gasteiger charge is -2.27. The van der Waals surface area contributed by atoms with Crippen LogP contribution in [0.1, 0.15) is 11.1 Å². The summed E-state index contributed by atoms with van der Waals surface area (Å²) in [6.07, 6.45) is -9.02. The molecule has 0 bridgehead atoms. The first kappa shape index (κ1) is 25.4. The third kappa shape index (κ3) is 4.97. The average molecular weight is 510 g/mol. The fourth-order valence-corrected chi connectivity index (χ4v) is 3.25. The highest BCUT2D eigenvalue weighted by molar-refractivity contribution is 5.81. The summed E-state index contributed by atoms with van der Waals surface area (Å²) in [7, 11) is 0. The molecule has 0 aliphatic carbocycles. The molecule has 0 aromatic heterocycles. The van der Waals surface area contributed by atoms with Crippen molar-refractivity contribution in [3.8, 4) is 0 Å². The van der Waals surface area contributed by atoms with E-state index in [2.05, 4.69) is 20.5 Å². The Morgan fingerprint density at radius 2 is 1.03 bits per heavy atom. The largest absolute Gasteiger partial charge is 0.444 e. The molecular formula is C23H16F6N4O3. The van der Waals surface area contributed by atoms with Crippen LogP contribution in [0.25, 0.3) is 11.4 Å². The zero-order chi connectivity index (χ0) is 26.0. The van der Waals surface area contributed by atoms with Crippen LogP contribution in [0.15, 0.2) is 93.3 Å². The van der Waals surface area contributed by atoms with Crippen molar-refractivity contribution in [3.63, 3.8) is 0 Å². The molecule has 0 fully saturated rings. The van der Waals surface area contributed by atoms with Gasteiger partial charge in [0.15, 0.2) is 5.78 Å². The van der Waals surface area contributed by atoms with Crippen molar-refractivity contribution >= 4 is 17.2 Å². The van der Waals surface area contributed by atoms with Crippen LogP contribution in [-0.4, -0.2) is 42.8 Å². The summed E-state index contributed by atoms with van der Waals surface area (Å²) in [4.78, 5) is 12.2. The molecule has 0 saturated heterocycles. The van der Waals surface area contributed by atoms with Crippen molar-refractivity contribution in [3.05, 3.63) is 83.9 Å². The van der Waals surface area contributed by atoms with Crippen LogP contribution in [0.3, 0.4) is 0 Å². The Morgan fingerprint density at radius 1 is 0.667 bits per heavy atom. The van der Waals surface area contributed by atoms with Crippen LogP contribution in [-0.2, 0) is 14.3 Å². The predicted molar refractivity (Wildman–Crippen MR) is 113 cm³/mol. The van der Waals surface area contributed by atoms with Gasteiger partial charge >= 0.3 is 12.4 Å². The Labute approximate surface area is 199 Å². The number of Topliss-reactive ketones (excluding diaryl/α,β-unsaturated/α-hetero) is 1. The van der Waals surface area contributed by atoms with Crippen LogP contribution in [0.5, 0.6) is 0 Å². The quantitative estimate of drug-likeness (QED) is 0.401. The summed E-state index contributed by atoms with van der Waals surface area (Å²) in [6, 6.07) is 15.6.